The van der Waals surface area contributed by atoms with Gasteiger partial charge in [0.15, 0.2) is 0 Å². The lowest BCUT2D eigenvalue weighted by molar-refractivity contribution is 0.884. The van der Waals surface area contributed by atoms with Crippen molar-refractivity contribution in [3.05, 3.63) is 81.1 Å². The minimum Gasteiger partial charge on any atom is -0.384 e. The fourth-order valence-electron chi connectivity index (χ4n) is 3.16. The molecule has 4 rings (SSSR count). The minimum atomic E-state index is -0.486. The van der Waals surface area contributed by atoms with Crippen LogP contribution in [0.3, 0.4) is 0 Å². The molecule has 0 saturated carbocycles. The molecule has 2 heterocycles. The van der Waals surface area contributed by atoms with Gasteiger partial charge in [-0.05, 0) is 29.8 Å². The molecule has 2 aliphatic rings. The quantitative estimate of drug-likeness (QED) is 0.809. The number of nitrogens with two attached hydrogens (primary N) is 1. The maximum absolute atomic E-state index is 9.86. The van der Waals surface area contributed by atoms with Gasteiger partial charge < -0.3 is 5.73 Å². The Balaban J connectivity index is 1.96. The molecule has 2 aromatic carbocycles. The Hall–Kier alpha value is -2.86. The molecule has 0 amide bonds. The van der Waals surface area contributed by atoms with E-state index in [0.717, 1.165) is 21.2 Å². The summed E-state index contributed by atoms with van der Waals surface area (Å²) < 4.78 is 0. The van der Waals surface area contributed by atoms with Crippen LogP contribution >= 0.6 is 23.4 Å². The smallest absolute Gasteiger partial charge is 0.123 e. The lowest BCUT2D eigenvalue weighted by Crippen LogP contribution is -2.32. The van der Waals surface area contributed by atoms with Crippen molar-refractivity contribution >= 4 is 29.1 Å². The molecule has 1 unspecified atom stereocenters. The summed E-state index contributed by atoms with van der Waals surface area (Å²) in [4.78, 5) is 2.83. The molecule has 0 bridgehead atoms. The van der Waals surface area contributed by atoms with Gasteiger partial charge in [0.05, 0.1) is 34.9 Å². The van der Waals surface area contributed by atoms with Crippen LogP contribution in [0, 0.1) is 22.7 Å². The second-order valence-corrected chi connectivity index (χ2v) is 7.10. The molecular formula is C19H11ClN4S. The predicted octanol–water partition coefficient (Wildman–Crippen LogP) is 4.48. The summed E-state index contributed by atoms with van der Waals surface area (Å²) in [6.45, 7) is 0. The fraction of sp³-hybridized carbons (Fsp3) is 0.0526. The van der Waals surface area contributed by atoms with Gasteiger partial charge in [0.1, 0.15) is 10.9 Å². The van der Waals surface area contributed by atoms with Gasteiger partial charge in [-0.3, -0.25) is 4.90 Å². The van der Waals surface area contributed by atoms with Crippen LogP contribution < -0.4 is 10.6 Å². The van der Waals surface area contributed by atoms with E-state index in [9.17, 15) is 10.5 Å². The molecular weight excluding hydrogens is 352 g/mol. The van der Waals surface area contributed by atoms with Crippen molar-refractivity contribution in [1.82, 2.24) is 0 Å². The number of para-hydroxylation sites is 1. The molecule has 0 fully saturated rings. The second kappa shape index (κ2) is 5.89. The van der Waals surface area contributed by atoms with Crippen molar-refractivity contribution in [1.29, 1.82) is 10.5 Å². The molecule has 0 radical (unpaired) electrons. The van der Waals surface area contributed by atoms with E-state index in [1.807, 2.05) is 41.3 Å². The highest BCUT2D eigenvalue weighted by molar-refractivity contribution is 8.03. The normalized spacial score (nSPS) is 18.5. The number of hydrogen-bond acceptors (Lipinski definition) is 5. The average molecular weight is 363 g/mol. The number of nitrogens with zero attached hydrogens (tertiary/aromatic N) is 3. The van der Waals surface area contributed by atoms with Crippen LogP contribution in [0.5, 0.6) is 0 Å². The molecule has 2 N–H and O–H groups in total. The van der Waals surface area contributed by atoms with Crippen LogP contribution in [0.2, 0.25) is 5.02 Å². The largest absolute Gasteiger partial charge is 0.384 e. The predicted molar refractivity (Wildman–Crippen MR) is 98.4 cm³/mol. The summed E-state index contributed by atoms with van der Waals surface area (Å²) in [5.41, 5.74) is 8.98. The fourth-order valence-corrected chi connectivity index (χ4v) is 4.47. The summed E-state index contributed by atoms with van der Waals surface area (Å²) in [6.07, 6.45) is 0. The molecule has 0 spiro atoms. The topological polar surface area (TPSA) is 76.8 Å². The molecule has 0 aliphatic carbocycles. The highest BCUT2D eigenvalue weighted by atomic mass is 35.5. The third-order valence-corrected chi connectivity index (χ3v) is 5.70. The van der Waals surface area contributed by atoms with Gasteiger partial charge in [0.25, 0.3) is 0 Å². The molecule has 4 nitrogen and oxygen atoms in total. The van der Waals surface area contributed by atoms with E-state index in [0.29, 0.717) is 22.0 Å². The summed E-state index contributed by atoms with van der Waals surface area (Å²) in [5.74, 6) is -0.116. The van der Waals surface area contributed by atoms with Crippen LogP contribution in [0.25, 0.3) is 0 Å². The van der Waals surface area contributed by atoms with Crippen molar-refractivity contribution in [2.24, 2.45) is 5.73 Å². The van der Waals surface area contributed by atoms with Crippen molar-refractivity contribution in [2.75, 3.05) is 4.90 Å². The first-order valence-corrected chi connectivity index (χ1v) is 8.71. The lowest BCUT2D eigenvalue weighted by atomic mass is 9.83. The zero-order valence-corrected chi connectivity index (χ0v) is 14.5. The van der Waals surface area contributed by atoms with E-state index < -0.39 is 5.92 Å². The Labute approximate surface area is 154 Å². The van der Waals surface area contributed by atoms with E-state index in [1.54, 1.807) is 12.1 Å². The van der Waals surface area contributed by atoms with Gasteiger partial charge in [-0.1, -0.05) is 47.6 Å². The number of nitriles is 2. The third-order valence-electron chi connectivity index (χ3n) is 4.28. The zero-order valence-electron chi connectivity index (χ0n) is 12.9. The number of rotatable bonds is 1. The number of anilines is 1. The van der Waals surface area contributed by atoms with Gasteiger partial charge in [0.2, 0.25) is 0 Å². The molecule has 25 heavy (non-hydrogen) atoms. The monoisotopic (exact) mass is 362 g/mol. The number of allylic oxidation sites excluding steroid dienone is 2. The molecule has 2 aromatic rings. The van der Waals surface area contributed by atoms with Gasteiger partial charge in [-0.25, -0.2) is 0 Å². The Morgan fingerprint density at radius 2 is 1.68 bits per heavy atom. The summed E-state index contributed by atoms with van der Waals surface area (Å²) >= 11 is 7.48. The first-order chi connectivity index (χ1) is 12.2. The molecule has 0 aromatic heterocycles. The molecule has 2 aliphatic heterocycles. The summed E-state index contributed by atoms with van der Waals surface area (Å²) in [7, 11) is 0. The Kier molecular flexibility index (Phi) is 3.69. The lowest BCUT2D eigenvalue weighted by Gasteiger charge is -2.31. The standard InChI is InChI=1S/C19H11ClN4S/c20-12-7-5-11(6-8-12)17-13(9-21)18(23)24-15-3-1-2-4-16(15)25-19(24)14(17)10-22/h1-8,17H,23H2. The first-order valence-electron chi connectivity index (χ1n) is 7.52. The number of halogens is 1. The molecule has 1 atom stereocenters. The average Bonchev–Trinajstić information content (AvgIpc) is 3.02. The van der Waals surface area contributed by atoms with Crippen LogP contribution in [-0.2, 0) is 0 Å². The molecule has 0 saturated heterocycles. The molecule has 6 heteroatoms. The van der Waals surface area contributed by atoms with E-state index in [1.165, 1.54) is 11.8 Å². The van der Waals surface area contributed by atoms with Gasteiger partial charge in [0, 0.05) is 9.92 Å². The highest BCUT2D eigenvalue weighted by Gasteiger charge is 2.40. The number of benzene rings is 2. The number of thioether (sulfide) groups is 1. The van der Waals surface area contributed by atoms with E-state index >= 15 is 0 Å². The summed E-state index contributed by atoms with van der Waals surface area (Å²) in [6, 6.07) is 19.5. The van der Waals surface area contributed by atoms with E-state index in [-0.39, 0.29) is 0 Å². The zero-order chi connectivity index (χ0) is 17.6. The SMILES string of the molecule is N#CC1=C(N)N2C(=C(C#N)C1c1ccc(Cl)cc1)Sc1ccccc12. The molecule has 120 valence electrons. The van der Waals surface area contributed by atoms with Crippen LogP contribution in [0.15, 0.2) is 75.4 Å². The number of hydrogen-bond donors (Lipinski definition) is 1. The number of fused-ring (bicyclic) bond motifs is 3. The minimum absolute atomic E-state index is 0.369. The Morgan fingerprint density at radius 3 is 2.36 bits per heavy atom. The van der Waals surface area contributed by atoms with Crippen molar-refractivity contribution in [2.45, 2.75) is 10.8 Å². The first kappa shape index (κ1) is 15.7. The Morgan fingerprint density at radius 1 is 1.00 bits per heavy atom. The second-order valence-electron chi connectivity index (χ2n) is 5.63. The van der Waals surface area contributed by atoms with Crippen LogP contribution in [0.1, 0.15) is 11.5 Å². The maximum atomic E-state index is 9.86. The van der Waals surface area contributed by atoms with Crippen molar-refractivity contribution in [3.63, 3.8) is 0 Å². The highest BCUT2D eigenvalue weighted by Crippen LogP contribution is 2.54. The Bertz CT molecular complexity index is 1020. The van der Waals surface area contributed by atoms with Gasteiger partial charge >= 0.3 is 0 Å². The van der Waals surface area contributed by atoms with E-state index in [2.05, 4.69) is 12.1 Å². The summed E-state index contributed by atoms with van der Waals surface area (Å²) in [5, 5.41) is 21.0. The van der Waals surface area contributed by atoms with Crippen LogP contribution in [-0.4, -0.2) is 0 Å². The third kappa shape index (κ3) is 2.29. The van der Waals surface area contributed by atoms with Crippen LogP contribution in [0.4, 0.5) is 5.69 Å². The van der Waals surface area contributed by atoms with Crippen molar-refractivity contribution < 1.29 is 0 Å². The van der Waals surface area contributed by atoms with E-state index in [4.69, 9.17) is 17.3 Å². The maximum Gasteiger partial charge on any atom is 0.123 e. The van der Waals surface area contributed by atoms with Gasteiger partial charge in [-0.2, -0.15) is 10.5 Å². The van der Waals surface area contributed by atoms with Crippen molar-refractivity contribution in [3.8, 4) is 12.1 Å². The van der Waals surface area contributed by atoms with Gasteiger partial charge in [-0.15, -0.1) is 0 Å².